The number of carboxylic acid groups (broad SMARTS) is 1. The van der Waals surface area contributed by atoms with E-state index >= 15 is 0 Å². The van der Waals surface area contributed by atoms with E-state index in [1.165, 1.54) is 24.3 Å². The van der Waals surface area contributed by atoms with Crippen molar-refractivity contribution in [2.45, 2.75) is 25.7 Å². The number of alkyl halides is 3. The van der Waals surface area contributed by atoms with Crippen LogP contribution in [0.15, 0.2) is 54.7 Å². The number of benzene rings is 2. The molecule has 3 aromatic rings. The van der Waals surface area contributed by atoms with Crippen LogP contribution in [0.1, 0.15) is 18.4 Å². The molecule has 0 saturated heterocycles. The summed E-state index contributed by atoms with van der Waals surface area (Å²) in [5.74, 6) is 5.34. The van der Waals surface area contributed by atoms with Crippen molar-refractivity contribution >= 4 is 16.9 Å². The van der Waals surface area contributed by atoms with Crippen molar-refractivity contribution in [2.24, 2.45) is 0 Å². The van der Waals surface area contributed by atoms with Crippen LogP contribution in [0.2, 0.25) is 0 Å². The molecular weight excluding hydrogens is 399 g/mol. The highest BCUT2D eigenvalue weighted by atomic mass is 19.4. The molecular formula is C22H18F3NO4. The molecule has 5 nitrogen and oxygen atoms in total. The summed E-state index contributed by atoms with van der Waals surface area (Å²) in [4.78, 5) is 10.9. The lowest BCUT2D eigenvalue weighted by Gasteiger charge is -2.08. The lowest BCUT2D eigenvalue weighted by atomic mass is 10.2. The van der Waals surface area contributed by atoms with Gasteiger partial charge in [0.05, 0.1) is 6.61 Å². The molecule has 30 heavy (non-hydrogen) atoms. The maximum absolute atomic E-state index is 12.1. The molecule has 1 heterocycles. The van der Waals surface area contributed by atoms with E-state index in [4.69, 9.17) is 9.84 Å². The number of aromatic nitrogens is 1. The highest BCUT2D eigenvalue weighted by molar-refractivity contribution is 5.83. The van der Waals surface area contributed by atoms with E-state index in [9.17, 15) is 18.0 Å². The molecule has 1 N–H and O–H groups in total. The molecule has 3 rings (SSSR count). The smallest absolute Gasteiger partial charge is 0.494 e. The van der Waals surface area contributed by atoms with Gasteiger partial charge in [-0.15, -0.1) is 13.2 Å². The highest BCUT2D eigenvalue weighted by Gasteiger charge is 2.30. The first-order valence-electron chi connectivity index (χ1n) is 9.08. The van der Waals surface area contributed by atoms with Crippen LogP contribution in [-0.4, -0.2) is 28.6 Å². The summed E-state index contributed by atoms with van der Waals surface area (Å²) in [5, 5.41) is 9.80. The Kier molecular flexibility index (Phi) is 6.52. The van der Waals surface area contributed by atoms with E-state index in [2.05, 4.69) is 16.6 Å². The van der Waals surface area contributed by atoms with Crippen LogP contribution in [0.5, 0.6) is 11.5 Å². The normalized spacial score (nSPS) is 11.0. The van der Waals surface area contributed by atoms with E-state index in [0.717, 1.165) is 10.9 Å². The zero-order chi connectivity index (χ0) is 21.6. The molecule has 0 unspecified atom stereocenters. The average Bonchev–Trinajstić information content (AvgIpc) is 3.06. The molecule has 156 valence electrons. The third-order valence-electron chi connectivity index (χ3n) is 4.08. The summed E-state index contributed by atoms with van der Waals surface area (Å²) in [6, 6.07) is 12.7. The number of aliphatic carboxylic acids is 1. The van der Waals surface area contributed by atoms with Gasteiger partial charge in [-0.3, -0.25) is 4.79 Å². The van der Waals surface area contributed by atoms with Gasteiger partial charge < -0.3 is 19.1 Å². The standard InChI is InChI=1S/C22H18F3NO4/c23-22(24,25)30-18-7-5-16(6-8-18)4-2-1-3-13-29-19-9-10-20-17(14-19)11-12-26(20)15-21(27)28/h5-12,14H,1,3,13,15H2,(H,27,28). The number of halogens is 3. The molecule has 0 atom stereocenters. The second kappa shape index (κ2) is 9.27. The molecule has 0 radical (unpaired) electrons. The first-order chi connectivity index (χ1) is 14.3. The Morgan fingerprint density at radius 2 is 1.80 bits per heavy atom. The largest absolute Gasteiger partial charge is 0.573 e. The van der Waals surface area contributed by atoms with Gasteiger partial charge in [-0.05, 0) is 55.0 Å². The van der Waals surface area contributed by atoms with Gasteiger partial charge >= 0.3 is 12.3 Å². The number of ether oxygens (including phenoxy) is 2. The summed E-state index contributed by atoms with van der Waals surface area (Å²) < 4.78 is 47.5. The second-order valence-electron chi connectivity index (χ2n) is 6.38. The monoisotopic (exact) mass is 417 g/mol. The second-order valence-corrected chi connectivity index (χ2v) is 6.38. The number of hydrogen-bond donors (Lipinski definition) is 1. The van der Waals surface area contributed by atoms with Crippen molar-refractivity contribution in [2.75, 3.05) is 6.61 Å². The SMILES string of the molecule is O=C(O)Cn1ccc2cc(OCCCC#Cc3ccc(OC(F)(F)F)cc3)ccc21. The lowest BCUT2D eigenvalue weighted by Crippen LogP contribution is -2.16. The molecule has 0 aliphatic heterocycles. The number of hydrogen-bond acceptors (Lipinski definition) is 3. The predicted molar refractivity (Wildman–Crippen MR) is 104 cm³/mol. The minimum atomic E-state index is -4.71. The van der Waals surface area contributed by atoms with Crippen LogP contribution in [0.3, 0.4) is 0 Å². The van der Waals surface area contributed by atoms with E-state index in [-0.39, 0.29) is 12.3 Å². The van der Waals surface area contributed by atoms with E-state index < -0.39 is 12.3 Å². The number of unbranched alkanes of at least 4 members (excludes halogenated alkanes) is 1. The van der Waals surface area contributed by atoms with Crippen molar-refractivity contribution in [1.82, 2.24) is 4.57 Å². The molecule has 0 aliphatic carbocycles. The van der Waals surface area contributed by atoms with Crippen molar-refractivity contribution in [1.29, 1.82) is 0 Å². The Hall–Kier alpha value is -3.60. The van der Waals surface area contributed by atoms with Gasteiger partial charge in [0.2, 0.25) is 0 Å². The van der Waals surface area contributed by atoms with E-state index in [1.54, 1.807) is 16.8 Å². The Labute approximate surface area is 170 Å². The van der Waals surface area contributed by atoms with Gasteiger partial charge in [0.15, 0.2) is 0 Å². The van der Waals surface area contributed by atoms with Crippen LogP contribution >= 0.6 is 0 Å². The zero-order valence-electron chi connectivity index (χ0n) is 15.8. The molecule has 0 aliphatic rings. The fourth-order valence-electron chi connectivity index (χ4n) is 2.81. The molecule has 0 spiro atoms. The average molecular weight is 417 g/mol. The summed E-state index contributed by atoms with van der Waals surface area (Å²) in [6.07, 6.45) is -1.74. The molecule has 1 aromatic heterocycles. The van der Waals surface area contributed by atoms with Crippen molar-refractivity contribution in [3.05, 3.63) is 60.3 Å². The van der Waals surface area contributed by atoms with Gasteiger partial charge in [0, 0.05) is 29.1 Å². The molecule has 0 amide bonds. The van der Waals surface area contributed by atoms with E-state index in [1.807, 2.05) is 18.2 Å². The first-order valence-corrected chi connectivity index (χ1v) is 9.08. The Morgan fingerprint density at radius 1 is 1.07 bits per heavy atom. The Balaban J connectivity index is 1.45. The summed E-state index contributed by atoms with van der Waals surface area (Å²) >= 11 is 0. The third-order valence-corrected chi connectivity index (χ3v) is 4.08. The van der Waals surface area contributed by atoms with Gasteiger partial charge in [0.1, 0.15) is 18.0 Å². The van der Waals surface area contributed by atoms with Crippen LogP contribution in [0, 0.1) is 11.8 Å². The third kappa shape index (κ3) is 6.21. The maximum atomic E-state index is 12.1. The number of carboxylic acids is 1. The van der Waals surface area contributed by atoms with E-state index in [0.29, 0.717) is 30.8 Å². The van der Waals surface area contributed by atoms with Gasteiger partial charge in [-0.1, -0.05) is 11.8 Å². The lowest BCUT2D eigenvalue weighted by molar-refractivity contribution is -0.274. The predicted octanol–water partition coefficient (Wildman–Crippen LogP) is 4.84. The van der Waals surface area contributed by atoms with Crippen molar-refractivity contribution in [3.8, 4) is 23.3 Å². The quantitative estimate of drug-likeness (QED) is 0.442. The molecule has 0 saturated carbocycles. The van der Waals surface area contributed by atoms with Crippen LogP contribution in [-0.2, 0) is 11.3 Å². The zero-order valence-corrected chi connectivity index (χ0v) is 15.8. The van der Waals surface area contributed by atoms with Gasteiger partial charge in [0.25, 0.3) is 0 Å². The van der Waals surface area contributed by atoms with Crippen molar-refractivity contribution in [3.63, 3.8) is 0 Å². The number of carbonyl (C=O) groups is 1. The fourth-order valence-corrected chi connectivity index (χ4v) is 2.81. The Bertz CT molecular complexity index is 1080. The molecule has 0 bridgehead atoms. The number of rotatable bonds is 7. The number of fused-ring (bicyclic) bond motifs is 1. The topological polar surface area (TPSA) is 60.7 Å². The summed E-state index contributed by atoms with van der Waals surface area (Å²) in [7, 11) is 0. The maximum Gasteiger partial charge on any atom is 0.573 e. The first kappa shape index (κ1) is 21.1. The molecule has 0 fully saturated rings. The van der Waals surface area contributed by atoms with Crippen LogP contribution in [0.4, 0.5) is 13.2 Å². The molecule has 2 aromatic carbocycles. The summed E-state index contributed by atoms with van der Waals surface area (Å²) in [6.45, 7) is 0.356. The van der Waals surface area contributed by atoms with Gasteiger partial charge in [-0.25, -0.2) is 0 Å². The van der Waals surface area contributed by atoms with Crippen LogP contribution < -0.4 is 9.47 Å². The van der Waals surface area contributed by atoms with Crippen LogP contribution in [0.25, 0.3) is 10.9 Å². The van der Waals surface area contributed by atoms with Crippen molar-refractivity contribution < 1.29 is 32.5 Å². The van der Waals surface area contributed by atoms with Gasteiger partial charge in [-0.2, -0.15) is 0 Å². The highest BCUT2D eigenvalue weighted by Crippen LogP contribution is 2.23. The summed E-state index contributed by atoms with van der Waals surface area (Å²) in [5.41, 5.74) is 1.42. The Morgan fingerprint density at radius 3 is 2.50 bits per heavy atom. The molecule has 8 heteroatoms. The fraction of sp³-hybridized carbons (Fsp3) is 0.227. The minimum Gasteiger partial charge on any atom is -0.494 e. The minimum absolute atomic E-state index is 0.0968. The number of nitrogens with zero attached hydrogens (tertiary/aromatic N) is 1.